The molecule has 1 aliphatic rings. The van der Waals surface area contributed by atoms with E-state index in [1.54, 1.807) is 75.8 Å². The van der Waals surface area contributed by atoms with Gasteiger partial charge in [-0.15, -0.1) is 0 Å². The van der Waals surface area contributed by atoms with Gasteiger partial charge in [-0.2, -0.15) is 0 Å². The molecule has 2 aromatic rings. The molecule has 0 fully saturated rings. The molecule has 0 amide bonds. The topological polar surface area (TPSA) is 71.1 Å². The fourth-order valence-electron chi connectivity index (χ4n) is 2.86. The molecule has 0 N–H and O–H groups in total. The van der Waals surface area contributed by atoms with Crippen LogP contribution in [0.25, 0.3) is 0 Å². The van der Waals surface area contributed by atoms with Crippen molar-refractivity contribution in [3.63, 3.8) is 0 Å². The molecule has 0 aromatic heterocycles. The summed E-state index contributed by atoms with van der Waals surface area (Å²) in [6.07, 6.45) is 4.80. The molecule has 2 aromatic carbocycles. The molecule has 6 heteroatoms. The van der Waals surface area contributed by atoms with Crippen molar-refractivity contribution in [2.45, 2.75) is 19.8 Å². The molecule has 0 radical (unpaired) electrons. The van der Waals surface area contributed by atoms with Crippen LogP contribution < -0.4 is 9.47 Å². The standard InChI is InChI=1S/C23H22O6/c1-15-14-16(22(24)28-19-9-5-17(26-2)6-10-19)4-13-21(15)23(25)29-20-11-7-18(27-3)8-12-20/h4-7,9-11,13-14H,8,12H2,1-3H3. The van der Waals surface area contributed by atoms with Gasteiger partial charge in [-0.25, -0.2) is 9.59 Å². The number of aryl methyl sites for hydroxylation is 1. The predicted molar refractivity (Wildman–Crippen MR) is 107 cm³/mol. The van der Waals surface area contributed by atoms with Gasteiger partial charge in [0.05, 0.1) is 31.1 Å². The highest BCUT2D eigenvalue weighted by Crippen LogP contribution is 2.23. The second-order valence-corrected chi connectivity index (χ2v) is 6.45. The molecule has 29 heavy (non-hydrogen) atoms. The number of rotatable bonds is 6. The largest absolute Gasteiger partial charge is 0.501 e. The lowest BCUT2D eigenvalue weighted by atomic mass is 10.0. The average Bonchev–Trinajstić information content (AvgIpc) is 2.74. The molecule has 6 nitrogen and oxygen atoms in total. The third kappa shape index (κ3) is 5.04. The maximum Gasteiger partial charge on any atom is 0.343 e. The molecule has 0 saturated heterocycles. The van der Waals surface area contributed by atoms with E-state index in [1.807, 2.05) is 0 Å². The Morgan fingerprint density at radius 1 is 0.759 bits per heavy atom. The van der Waals surface area contributed by atoms with Crippen molar-refractivity contribution in [1.29, 1.82) is 0 Å². The highest BCUT2D eigenvalue weighted by atomic mass is 16.5. The van der Waals surface area contributed by atoms with Gasteiger partial charge in [0.25, 0.3) is 0 Å². The fourth-order valence-corrected chi connectivity index (χ4v) is 2.86. The summed E-state index contributed by atoms with van der Waals surface area (Å²) < 4.78 is 21.1. The summed E-state index contributed by atoms with van der Waals surface area (Å²) in [6.45, 7) is 1.75. The van der Waals surface area contributed by atoms with Crippen LogP contribution in [0.2, 0.25) is 0 Å². The van der Waals surface area contributed by atoms with Crippen molar-refractivity contribution < 1.29 is 28.5 Å². The van der Waals surface area contributed by atoms with Crippen LogP contribution in [-0.4, -0.2) is 26.2 Å². The zero-order valence-electron chi connectivity index (χ0n) is 16.6. The fraction of sp³-hybridized carbons (Fsp3) is 0.217. The Hall–Kier alpha value is -3.54. The van der Waals surface area contributed by atoms with Crippen molar-refractivity contribution in [2.24, 2.45) is 0 Å². The number of ether oxygens (including phenoxy) is 4. The Bertz CT molecular complexity index is 969. The number of methoxy groups -OCH3 is 2. The molecule has 0 spiro atoms. The maximum absolute atomic E-state index is 12.5. The molecule has 0 unspecified atom stereocenters. The molecule has 150 valence electrons. The first-order valence-electron chi connectivity index (χ1n) is 9.13. The van der Waals surface area contributed by atoms with Crippen molar-refractivity contribution in [3.05, 3.63) is 82.8 Å². The van der Waals surface area contributed by atoms with Gasteiger partial charge in [-0.05, 0) is 67.1 Å². The van der Waals surface area contributed by atoms with Crippen molar-refractivity contribution in [3.8, 4) is 11.5 Å². The molecular formula is C23H22O6. The van der Waals surface area contributed by atoms with Crippen LogP contribution in [-0.2, 0) is 9.47 Å². The maximum atomic E-state index is 12.5. The minimum Gasteiger partial charge on any atom is -0.501 e. The monoisotopic (exact) mass is 394 g/mol. The average molecular weight is 394 g/mol. The molecule has 0 aliphatic heterocycles. The lowest BCUT2D eigenvalue weighted by Crippen LogP contribution is -2.12. The molecule has 3 rings (SSSR count). The molecule has 0 bridgehead atoms. The van der Waals surface area contributed by atoms with Gasteiger partial charge >= 0.3 is 11.9 Å². The van der Waals surface area contributed by atoms with Crippen LogP contribution >= 0.6 is 0 Å². The van der Waals surface area contributed by atoms with Crippen LogP contribution in [0.15, 0.2) is 66.1 Å². The van der Waals surface area contributed by atoms with E-state index >= 15 is 0 Å². The third-order valence-corrected chi connectivity index (χ3v) is 4.51. The molecule has 0 atom stereocenters. The number of carbonyl (C=O) groups excluding carboxylic acids is 2. The highest BCUT2D eigenvalue weighted by molar-refractivity contribution is 5.95. The summed E-state index contributed by atoms with van der Waals surface area (Å²) in [5.74, 6) is 1.54. The highest BCUT2D eigenvalue weighted by Gasteiger charge is 2.17. The van der Waals surface area contributed by atoms with Gasteiger partial charge in [0.1, 0.15) is 17.3 Å². The van der Waals surface area contributed by atoms with Gasteiger partial charge in [0.2, 0.25) is 0 Å². The van der Waals surface area contributed by atoms with E-state index in [0.29, 0.717) is 46.8 Å². The smallest absolute Gasteiger partial charge is 0.343 e. The first-order valence-corrected chi connectivity index (χ1v) is 9.13. The Morgan fingerprint density at radius 2 is 1.41 bits per heavy atom. The van der Waals surface area contributed by atoms with E-state index in [4.69, 9.17) is 18.9 Å². The zero-order valence-corrected chi connectivity index (χ0v) is 16.6. The first-order chi connectivity index (χ1) is 14.0. The Kier molecular flexibility index (Phi) is 6.34. The number of esters is 2. The summed E-state index contributed by atoms with van der Waals surface area (Å²) in [5, 5.41) is 0. The molecule has 1 aliphatic carbocycles. The van der Waals surface area contributed by atoms with E-state index in [0.717, 1.165) is 5.76 Å². The van der Waals surface area contributed by atoms with Crippen molar-refractivity contribution in [1.82, 2.24) is 0 Å². The lowest BCUT2D eigenvalue weighted by molar-refractivity contribution is 0.0607. The Labute approximate surface area is 169 Å². The van der Waals surface area contributed by atoms with E-state index in [-0.39, 0.29) is 0 Å². The van der Waals surface area contributed by atoms with Crippen LogP contribution in [0.4, 0.5) is 0 Å². The molecule has 0 saturated carbocycles. The van der Waals surface area contributed by atoms with Gasteiger partial charge in [0.15, 0.2) is 0 Å². The van der Waals surface area contributed by atoms with E-state index in [1.165, 1.54) is 0 Å². The zero-order chi connectivity index (χ0) is 20.8. The van der Waals surface area contributed by atoms with Gasteiger partial charge in [-0.1, -0.05) is 0 Å². The number of hydrogen-bond acceptors (Lipinski definition) is 6. The SMILES string of the molecule is COC1=CC=C(OC(=O)c2ccc(C(=O)Oc3ccc(OC)cc3)cc2C)CC1. The van der Waals surface area contributed by atoms with Crippen LogP contribution in [0, 0.1) is 6.92 Å². The minimum atomic E-state index is -0.509. The van der Waals surface area contributed by atoms with Gasteiger partial charge in [0, 0.05) is 12.8 Å². The van der Waals surface area contributed by atoms with Crippen molar-refractivity contribution in [2.75, 3.05) is 14.2 Å². The normalized spacial score (nSPS) is 13.1. The summed E-state index contributed by atoms with van der Waals surface area (Å²) in [7, 11) is 3.18. The summed E-state index contributed by atoms with van der Waals surface area (Å²) in [5.41, 5.74) is 1.37. The summed E-state index contributed by atoms with van der Waals surface area (Å²) >= 11 is 0. The summed E-state index contributed by atoms with van der Waals surface area (Å²) in [6, 6.07) is 11.4. The predicted octanol–water partition coefficient (Wildman–Crippen LogP) is 4.59. The van der Waals surface area contributed by atoms with Crippen LogP contribution in [0.5, 0.6) is 11.5 Å². The number of allylic oxidation sites excluding steroid dienone is 4. The van der Waals surface area contributed by atoms with Gasteiger partial charge in [-0.3, -0.25) is 0 Å². The quantitative estimate of drug-likeness (QED) is 0.527. The summed E-state index contributed by atoms with van der Waals surface area (Å²) in [4.78, 5) is 24.9. The van der Waals surface area contributed by atoms with Crippen molar-refractivity contribution >= 4 is 11.9 Å². The second kappa shape index (κ2) is 9.10. The third-order valence-electron chi connectivity index (χ3n) is 4.51. The van der Waals surface area contributed by atoms with Crippen LogP contribution in [0.1, 0.15) is 39.1 Å². The number of hydrogen-bond donors (Lipinski definition) is 0. The van der Waals surface area contributed by atoms with E-state index < -0.39 is 11.9 Å². The first kappa shape index (κ1) is 20.2. The van der Waals surface area contributed by atoms with E-state index in [9.17, 15) is 9.59 Å². The minimum absolute atomic E-state index is 0.347. The molecular weight excluding hydrogens is 372 g/mol. The Balaban J connectivity index is 1.67. The van der Waals surface area contributed by atoms with E-state index in [2.05, 4.69) is 0 Å². The number of carbonyl (C=O) groups is 2. The molecule has 0 heterocycles. The lowest BCUT2D eigenvalue weighted by Gasteiger charge is -2.14. The Morgan fingerprint density at radius 3 is 2.00 bits per heavy atom. The number of benzene rings is 2. The van der Waals surface area contributed by atoms with Gasteiger partial charge < -0.3 is 18.9 Å². The van der Waals surface area contributed by atoms with Crippen LogP contribution in [0.3, 0.4) is 0 Å². The second-order valence-electron chi connectivity index (χ2n) is 6.45.